The molecule has 4 unspecified atom stereocenters. The minimum atomic E-state index is 0.758. The molecule has 0 amide bonds. The van der Waals surface area contributed by atoms with Gasteiger partial charge in [-0.05, 0) is 44.7 Å². The van der Waals surface area contributed by atoms with Gasteiger partial charge in [-0.3, -0.25) is 0 Å². The molecular weight excluding hydrogens is 184 g/mol. The Morgan fingerprint density at radius 1 is 1.33 bits per heavy atom. The number of hydrogen-bond donors (Lipinski definition) is 1. The third-order valence-electron chi connectivity index (χ3n) is 4.31. The van der Waals surface area contributed by atoms with Crippen molar-refractivity contribution in [1.82, 2.24) is 10.2 Å². The first-order chi connectivity index (χ1) is 7.22. The number of nitrogens with zero attached hydrogens (tertiary/aromatic N) is 1. The van der Waals surface area contributed by atoms with Crippen molar-refractivity contribution in [3.63, 3.8) is 0 Å². The molecule has 2 nitrogen and oxygen atoms in total. The Morgan fingerprint density at radius 2 is 2.07 bits per heavy atom. The fourth-order valence-corrected chi connectivity index (χ4v) is 3.13. The summed E-state index contributed by atoms with van der Waals surface area (Å²) < 4.78 is 0. The molecule has 0 bridgehead atoms. The molecule has 2 saturated carbocycles. The average Bonchev–Trinajstić information content (AvgIpc) is 2.72. The van der Waals surface area contributed by atoms with Crippen LogP contribution in [0.1, 0.15) is 39.5 Å². The molecule has 2 aliphatic carbocycles. The van der Waals surface area contributed by atoms with Crippen LogP contribution in [0.5, 0.6) is 0 Å². The van der Waals surface area contributed by atoms with E-state index in [1.165, 1.54) is 32.2 Å². The summed E-state index contributed by atoms with van der Waals surface area (Å²) in [5.41, 5.74) is 0. The molecular formula is C13H26N2. The van der Waals surface area contributed by atoms with E-state index >= 15 is 0 Å². The quantitative estimate of drug-likeness (QED) is 0.747. The van der Waals surface area contributed by atoms with E-state index in [1.807, 2.05) is 0 Å². The number of rotatable bonds is 5. The Labute approximate surface area is 94.4 Å². The first-order valence-electron chi connectivity index (χ1n) is 6.66. The molecule has 0 aromatic carbocycles. The second kappa shape index (κ2) is 4.84. The zero-order valence-corrected chi connectivity index (χ0v) is 10.5. The van der Waals surface area contributed by atoms with E-state index in [-0.39, 0.29) is 0 Å². The maximum Gasteiger partial charge on any atom is 0.0246 e. The van der Waals surface area contributed by atoms with Gasteiger partial charge in [-0.15, -0.1) is 0 Å². The van der Waals surface area contributed by atoms with E-state index in [0.29, 0.717) is 0 Å². The third-order valence-corrected chi connectivity index (χ3v) is 4.31. The summed E-state index contributed by atoms with van der Waals surface area (Å²) in [6, 6.07) is 1.56. The molecule has 15 heavy (non-hydrogen) atoms. The van der Waals surface area contributed by atoms with Crippen molar-refractivity contribution in [1.29, 1.82) is 0 Å². The summed E-state index contributed by atoms with van der Waals surface area (Å²) in [5.74, 6) is 1.99. The summed E-state index contributed by atoms with van der Waals surface area (Å²) in [6.45, 7) is 7.05. The van der Waals surface area contributed by atoms with Crippen LogP contribution in [0.25, 0.3) is 0 Å². The zero-order valence-electron chi connectivity index (χ0n) is 10.5. The Hall–Kier alpha value is -0.0800. The highest BCUT2D eigenvalue weighted by molar-refractivity contribution is 4.92. The highest BCUT2D eigenvalue weighted by Gasteiger charge is 2.37. The van der Waals surface area contributed by atoms with Crippen molar-refractivity contribution in [2.24, 2.45) is 11.8 Å². The first kappa shape index (κ1) is 11.4. The van der Waals surface area contributed by atoms with Gasteiger partial charge in [0.05, 0.1) is 0 Å². The van der Waals surface area contributed by atoms with E-state index in [4.69, 9.17) is 0 Å². The molecule has 88 valence electrons. The van der Waals surface area contributed by atoms with E-state index in [0.717, 1.165) is 30.5 Å². The van der Waals surface area contributed by atoms with Crippen LogP contribution < -0.4 is 5.32 Å². The van der Waals surface area contributed by atoms with Crippen LogP contribution in [0.15, 0.2) is 0 Å². The summed E-state index contributed by atoms with van der Waals surface area (Å²) in [7, 11) is 2.32. The van der Waals surface area contributed by atoms with Gasteiger partial charge in [0.15, 0.2) is 0 Å². The lowest BCUT2D eigenvalue weighted by Crippen LogP contribution is -2.45. The number of likely N-dealkylation sites (N-methyl/N-ethyl adjacent to an activating group) is 2. The van der Waals surface area contributed by atoms with Gasteiger partial charge in [-0.2, -0.15) is 0 Å². The van der Waals surface area contributed by atoms with Crippen LogP contribution in [0.3, 0.4) is 0 Å². The van der Waals surface area contributed by atoms with Crippen LogP contribution in [0, 0.1) is 11.8 Å². The topological polar surface area (TPSA) is 15.3 Å². The highest BCUT2D eigenvalue weighted by Crippen LogP contribution is 2.39. The predicted molar refractivity (Wildman–Crippen MR) is 65.0 cm³/mol. The van der Waals surface area contributed by atoms with Crippen molar-refractivity contribution < 1.29 is 0 Å². The first-order valence-corrected chi connectivity index (χ1v) is 6.66. The van der Waals surface area contributed by atoms with Crippen molar-refractivity contribution in [2.45, 2.75) is 51.6 Å². The van der Waals surface area contributed by atoms with E-state index in [9.17, 15) is 0 Å². The standard InChI is InChI=1S/C13H26N2/c1-4-14-12-6-5-7-13(12)15(3)9-11-8-10(11)2/h10-14H,4-9H2,1-3H3. The molecule has 2 aliphatic rings. The van der Waals surface area contributed by atoms with Gasteiger partial charge in [0, 0.05) is 18.6 Å². The minimum Gasteiger partial charge on any atom is -0.313 e. The van der Waals surface area contributed by atoms with Gasteiger partial charge in [0.1, 0.15) is 0 Å². The molecule has 4 atom stereocenters. The monoisotopic (exact) mass is 210 g/mol. The molecule has 0 aromatic rings. The van der Waals surface area contributed by atoms with Crippen molar-refractivity contribution in [3.8, 4) is 0 Å². The highest BCUT2D eigenvalue weighted by atomic mass is 15.2. The van der Waals surface area contributed by atoms with Crippen LogP contribution >= 0.6 is 0 Å². The summed E-state index contributed by atoms with van der Waals surface area (Å²) in [5, 5.41) is 3.64. The van der Waals surface area contributed by atoms with Crippen LogP contribution in [-0.2, 0) is 0 Å². The Bertz CT molecular complexity index is 205. The third kappa shape index (κ3) is 2.73. The molecule has 2 heteroatoms. The molecule has 0 saturated heterocycles. The SMILES string of the molecule is CCNC1CCCC1N(C)CC1CC1C. The van der Waals surface area contributed by atoms with Gasteiger partial charge in [0.2, 0.25) is 0 Å². The summed E-state index contributed by atoms with van der Waals surface area (Å²) in [6.07, 6.45) is 5.65. The second-order valence-corrected chi connectivity index (χ2v) is 5.58. The van der Waals surface area contributed by atoms with Crippen LogP contribution in [0.4, 0.5) is 0 Å². The van der Waals surface area contributed by atoms with Crippen molar-refractivity contribution in [2.75, 3.05) is 20.1 Å². The summed E-state index contributed by atoms with van der Waals surface area (Å²) >= 11 is 0. The maximum atomic E-state index is 3.64. The zero-order chi connectivity index (χ0) is 10.8. The molecule has 2 rings (SSSR count). The van der Waals surface area contributed by atoms with Gasteiger partial charge >= 0.3 is 0 Å². The van der Waals surface area contributed by atoms with Crippen LogP contribution in [0.2, 0.25) is 0 Å². The Kier molecular flexibility index (Phi) is 3.68. The molecule has 2 fully saturated rings. The fourth-order valence-electron chi connectivity index (χ4n) is 3.13. The van der Waals surface area contributed by atoms with Gasteiger partial charge < -0.3 is 10.2 Å². The summed E-state index contributed by atoms with van der Waals surface area (Å²) in [4.78, 5) is 2.62. The molecule has 1 N–H and O–H groups in total. The Morgan fingerprint density at radius 3 is 2.67 bits per heavy atom. The van der Waals surface area contributed by atoms with E-state index < -0.39 is 0 Å². The normalized spacial score (nSPS) is 40.0. The Balaban J connectivity index is 1.79. The molecule has 0 heterocycles. The van der Waals surface area contributed by atoms with E-state index in [2.05, 4.69) is 31.1 Å². The van der Waals surface area contributed by atoms with E-state index in [1.54, 1.807) is 0 Å². The molecule has 0 aliphatic heterocycles. The lowest BCUT2D eigenvalue weighted by Gasteiger charge is -2.30. The lowest BCUT2D eigenvalue weighted by molar-refractivity contribution is 0.202. The molecule has 0 aromatic heterocycles. The minimum absolute atomic E-state index is 0.758. The smallest absolute Gasteiger partial charge is 0.0246 e. The second-order valence-electron chi connectivity index (χ2n) is 5.58. The molecule has 0 radical (unpaired) electrons. The van der Waals surface area contributed by atoms with Crippen LogP contribution in [-0.4, -0.2) is 37.1 Å². The fraction of sp³-hybridized carbons (Fsp3) is 1.00. The average molecular weight is 210 g/mol. The van der Waals surface area contributed by atoms with Gasteiger partial charge in [0.25, 0.3) is 0 Å². The number of hydrogen-bond acceptors (Lipinski definition) is 2. The molecule has 0 spiro atoms. The van der Waals surface area contributed by atoms with Crippen molar-refractivity contribution >= 4 is 0 Å². The van der Waals surface area contributed by atoms with Gasteiger partial charge in [-0.1, -0.05) is 20.3 Å². The lowest BCUT2D eigenvalue weighted by atomic mass is 10.1. The largest absolute Gasteiger partial charge is 0.313 e. The predicted octanol–water partition coefficient (Wildman–Crippen LogP) is 2.10. The van der Waals surface area contributed by atoms with Gasteiger partial charge in [-0.25, -0.2) is 0 Å². The maximum absolute atomic E-state index is 3.64. The van der Waals surface area contributed by atoms with Crippen molar-refractivity contribution in [3.05, 3.63) is 0 Å². The number of nitrogens with one attached hydrogen (secondary N) is 1.